The lowest BCUT2D eigenvalue weighted by atomic mass is 9.94. The fraction of sp³-hybridized carbons (Fsp3) is 0.500. The first-order valence-corrected chi connectivity index (χ1v) is 6.45. The van der Waals surface area contributed by atoms with Gasteiger partial charge in [-0.2, -0.15) is 0 Å². The summed E-state index contributed by atoms with van der Waals surface area (Å²) in [4.78, 5) is 12.8. The van der Waals surface area contributed by atoms with Gasteiger partial charge in [-0.05, 0) is 43.0 Å². The van der Waals surface area contributed by atoms with Crippen molar-refractivity contribution >= 4 is 5.97 Å². The van der Waals surface area contributed by atoms with Crippen molar-refractivity contribution in [3.63, 3.8) is 0 Å². The zero-order valence-corrected chi connectivity index (χ0v) is 10.7. The van der Waals surface area contributed by atoms with Gasteiger partial charge >= 0.3 is 5.97 Å². The van der Waals surface area contributed by atoms with Crippen molar-refractivity contribution in [3.05, 3.63) is 29.6 Å². The third kappa shape index (κ3) is 4.21. The fourth-order valence-electron chi connectivity index (χ4n) is 2.69. The van der Waals surface area contributed by atoms with Gasteiger partial charge in [-0.3, -0.25) is 9.69 Å². The van der Waals surface area contributed by atoms with Crippen molar-refractivity contribution in [2.75, 3.05) is 13.1 Å². The third-order valence-corrected chi connectivity index (χ3v) is 3.41. The molecule has 4 nitrogen and oxygen atoms in total. The molecule has 1 heterocycles. The number of nitrogens with zero attached hydrogens (tertiary/aromatic N) is 1. The maximum atomic E-state index is 13.2. The van der Waals surface area contributed by atoms with E-state index in [1.54, 1.807) is 6.07 Å². The van der Waals surface area contributed by atoms with Crippen LogP contribution in [0.4, 0.5) is 4.39 Å². The second-order valence-corrected chi connectivity index (χ2v) is 5.16. The number of phenolic OH excluding ortho intramolecular Hbond substituents is 1. The molecule has 0 amide bonds. The number of rotatable bonds is 4. The number of benzene rings is 1. The zero-order valence-electron chi connectivity index (χ0n) is 10.7. The normalized spacial score (nSPS) is 20.4. The standard InChI is InChI=1S/C14H18FNO3/c15-12-4-11(5-13(17)7-12)9-16-3-1-2-10(8-16)6-14(18)19/h4-5,7,10,17H,1-3,6,8-9H2,(H,18,19). The minimum absolute atomic E-state index is 0.0749. The van der Waals surface area contributed by atoms with Crippen molar-refractivity contribution in [2.45, 2.75) is 25.8 Å². The number of piperidine rings is 1. The van der Waals surface area contributed by atoms with Gasteiger partial charge in [-0.15, -0.1) is 0 Å². The Morgan fingerprint density at radius 1 is 1.42 bits per heavy atom. The molecule has 0 spiro atoms. The number of carboxylic acids is 1. The third-order valence-electron chi connectivity index (χ3n) is 3.41. The minimum Gasteiger partial charge on any atom is -0.508 e. The SMILES string of the molecule is O=C(O)CC1CCCN(Cc2cc(O)cc(F)c2)C1. The first kappa shape index (κ1) is 13.8. The molecule has 0 bridgehead atoms. The quantitative estimate of drug-likeness (QED) is 0.878. The molecule has 1 aliphatic rings. The maximum Gasteiger partial charge on any atom is 0.303 e. The smallest absolute Gasteiger partial charge is 0.303 e. The van der Waals surface area contributed by atoms with Crippen molar-refractivity contribution in [1.29, 1.82) is 0 Å². The molecule has 1 saturated heterocycles. The predicted molar refractivity (Wildman–Crippen MR) is 68.3 cm³/mol. The monoisotopic (exact) mass is 267 g/mol. The molecule has 1 aromatic rings. The highest BCUT2D eigenvalue weighted by Crippen LogP contribution is 2.22. The second kappa shape index (κ2) is 6.02. The van der Waals surface area contributed by atoms with E-state index in [0.29, 0.717) is 18.7 Å². The summed E-state index contributed by atoms with van der Waals surface area (Å²) in [6.07, 6.45) is 2.07. The lowest BCUT2D eigenvalue weighted by Crippen LogP contribution is -2.35. The Morgan fingerprint density at radius 2 is 2.21 bits per heavy atom. The molecule has 104 valence electrons. The average Bonchev–Trinajstić information content (AvgIpc) is 2.26. The number of aliphatic carboxylic acids is 1. The molecule has 0 aliphatic carbocycles. The molecular formula is C14H18FNO3. The molecule has 2 rings (SSSR count). The van der Waals surface area contributed by atoms with Gasteiger partial charge in [-0.1, -0.05) is 0 Å². The summed E-state index contributed by atoms with van der Waals surface area (Å²) in [6, 6.07) is 4.03. The van der Waals surface area contributed by atoms with Gasteiger partial charge < -0.3 is 10.2 Å². The van der Waals surface area contributed by atoms with E-state index in [-0.39, 0.29) is 18.1 Å². The molecule has 0 radical (unpaired) electrons. The van der Waals surface area contributed by atoms with Crippen LogP contribution >= 0.6 is 0 Å². The molecule has 1 aliphatic heterocycles. The van der Waals surface area contributed by atoms with E-state index in [1.807, 2.05) is 0 Å². The van der Waals surface area contributed by atoms with E-state index in [4.69, 9.17) is 5.11 Å². The predicted octanol–water partition coefficient (Wildman–Crippen LogP) is 2.22. The first-order chi connectivity index (χ1) is 9.02. The number of aromatic hydroxyl groups is 1. The van der Waals surface area contributed by atoms with Gasteiger partial charge in [0.1, 0.15) is 11.6 Å². The van der Waals surface area contributed by atoms with Crippen molar-refractivity contribution in [3.8, 4) is 5.75 Å². The van der Waals surface area contributed by atoms with Crippen LogP contribution in [-0.2, 0) is 11.3 Å². The van der Waals surface area contributed by atoms with E-state index in [9.17, 15) is 14.3 Å². The van der Waals surface area contributed by atoms with Crippen LogP contribution < -0.4 is 0 Å². The maximum absolute atomic E-state index is 13.2. The highest BCUT2D eigenvalue weighted by molar-refractivity contribution is 5.67. The van der Waals surface area contributed by atoms with Crippen LogP contribution in [0.1, 0.15) is 24.8 Å². The lowest BCUT2D eigenvalue weighted by Gasteiger charge is -2.32. The van der Waals surface area contributed by atoms with Gasteiger partial charge in [-0.25, -0.2) is 4.39 Å². The van der Waals surface area contributed by atoms with Crippen LogP contribution in [0, 0.1) is 11.7 Å². The van der Waals surface area contributed by atoms with Crippen molar-refractivity contribution in [2.24, 2.45) is 5.92 Å². The second-order valence-electron chi connectivity index (χ2n) is 5.16. The van der Waals surface area contributed by atoms with Gasteiger partial charge in [0.25, 0.3) is 0 Å². The highest BCUT2D eigenvalue weighted by atomic mass is 19.1. The topological polar surface area (TPSA) is 60.8 Å². The highest BCUT2D eigenvalue weighted by Gasteiger charge is 2.22. The zero-order chi connectivity index (χ0) is 13.8. The van der Waals surface area contributed by atoms with E-state index < -0.39 is 11.8 Å². The summed E-state index contributed by atoms with van der Waals surface area (Å²) in [6.45, 7) is 2.14. The molecule has 19 heavy (non-hydrogen) atoms. The molecule has 1 atom stereocenters. The summed E-state index contributed by atoms with van der Waals surface area (Å²) in [5.74, 6) is -1.13. The fourth-order valence-corrected chi connectivity index (χ4v) is 2.69. The summed E-state index contributed by atoms with van der Waals surface area (Å²) in [5.41, 5.74) is 0.716. The molecule has 1 fully saturated rings. The van der Waals surface area contributed by atoms with Crippen LogP contribution in [-0.4, -0.2) is 34.2 Å². The van der Waals surface area contributed by atoms with Crippen molar-refractivity contribution in [1.82, 2.24) is 4.90 Å². The largest absolute Gasteiger partial charge is 0.508 e. The van der Waals surface area contributed by atoms with Crippen LogP contribution in [0.2, 0.25) is 0 Å². The van der Waals surface area contributed by atoms with Gasteiger partial charge in [0.15, 0.2) is 0 Å². The van der Waals surface area contributed by atoms with E-state index in [2.05, 4.69) is 4.90 Å². The number of carboxylic acid groups (broad SMARTS) is 1. The summed E-state index contributed by atoms with van der Waals surface area (Å²) >= 11 is 0. The van der Waals surface area contributed by atoms with Crippen LogP contribution in [0.25, 0.3) is 0 Å². The van der Waals surface area contributed by atoms with Crippen molar-refractivity contribution < 1.29 is 19.4 Å². The molecular weight excluding hydrogens is 249 g/mol. The lowest BCUT2D eigenvalue weighted by molar-refractivity contribution is -0.138. The number of phenols is 1. The Hall–Kier alpha value is -1.62. The number of halogens is 1. The number of likely N-dealkylation sites (tertiary alicyclic amines) is 1. The number of carbonyl (C=O) groups is 1. The first-order valence-electron chi connectivity index (χ1n) is 6.45. The number of hydrogen-bond donors (Lipinski definition) is 2. The van der Waals surface area contributed by atoms with E-state index in [1.165, 1.54) is 6.07 Å². The molecule has 0 aromatic heterocycles. The summed E-state index contributed by atoms with van der Waals surface area (Å²) in [5, 5.41) is 18.2. The average molecular weight is 267 g/mol. The Labute approximate surface area is 111 Å². The van der Waals surface area contributed by atoms with Crippen LogP contribution in [0.3, 0.4) is 0 Å². The Kier molecular flexibility index (Phi) is 4.37. The number of hydrogen-bond acceptors (Lipinski definition) is 3. The Bertz CT molecular complexity index is 444. The van der Waals surface area contributed by atoms with Crippen LogP contribution in [0.15, 0.2) is 18.2 Å². The molecule has 1 aromatic carbocycles. The molecule has 0 saturated carbocycles. The van der Waals surface area contributed by atoms with Gasteiger partial charge in [0.2, 0.25) is 0 Å². The molecule has 2 N–H and O–H groups in total. The van der Waals surface area contributed by atoms with Crippen LogP contribution in [0.5, 0.6) is 5.75 Å². The summed E-state index contributed by atoms with van der Waals surface area (Å²) < 4.78 is 13.2. The Balaban J connectivity index is 1.96. The molecule has 1 unspecified atom stereocenters. The van der Waals surface area contributed by atoms with Gasteiger partial charge in [0.05, 0.1) is 0 Å². The van der Waals surface area contributed by atoms with Gasteiger partial charge in [0, 0.05) is 25.6 Å². The minimum atomic E-state index is -0.768. The van der Waals surface area contributed by atoms with E-state index in [0.717, 1.165) is 25.5 Å². The molecule has 5 heteroatoms. The Morgan fingerprint density at radius 3 is 2.89 bits per heavy atom. The summed E-state index contributed by atoms with van der Waals surface area (Å²) in [7, 11) is 0. The van der Waals surface area contributed by atoms with E-state index >= 15 is 0 Å².